The molecule has 2 rings (SSSR count). The van der Waals surface area contributed by atoms with E-state index in [9.17, 15) is 4.79 Å². The Kier molecular flexibility index (Phi) is 7.96. The standard InChI is InChI=1S/C20H25ClN4O/c1-15(26)25-18-9-7-16(8-10-18)11-13-23-20(22-2)24-14-12-17-5-3-4-6-19(17)21/h3-10H,11-14H2,1-2H3,(H,25,26)(H2,22,23,24). The first-order valence-corrected chi connectivity index (χ1v) is 9.00. The van der Waals surface area contributed by atoms with Crippen LogP contribution >= 0.6 is 11.6 Å². The second-order valence-electron chi connectivity index (χ2n) is 5.90. The van der Waals surface area contributed by atoms with Gasteiger partial charge in [-0.05, 0) is 42.2 Å². The van der Waals surface area contributed by atoms with Crippen molar-refractivity contribution in [3.63, 3.8) is 0 Å². The van der Waals surface area contributed by atoms with Crippen molar-refractivity contribution in [2.24, 2.45) is 4.99 Å². The number of hydrogen-bond acceptors (Lipinski definition) is 2. The second-order valence-corrected chi connectivity index (χ2v) is 6.30. The van der Waals surface area contributed by atoms with E-state index < -0.39 is 0 Å². The highest BCUT2D eigenvalue weighted by atomic mass is 35.5. The van der Waals surface area contributed by atoms with Gasteiger partial charge in [-0.25, -0.2) is 0 Å². The number of hydrogen-bond donors (Lipinski definition) is 3. The number of carbonyl (C=O) groups is 1. The number of nitrogens with one attached hydrogen (secondary N) is 3. The Balaban J connectivity index is 1.71. The average molecular weight is 373 g/mol. The molecule has 1 amide bonds. The first-order chi connectivity index (χ1) is 12.6. The van der Waals surface area contributed by atoms with Gasteiger partial charge in [0.25, 0.3) is 0 Å². The minimum atomic E-state index is -0.0638. The van der Waals surface area contributed by atoms with E-state index in [1.807, 2.05) is 48.5 Å². The first kappa shape index (κ1) is 19.8. The topological polar surface area (TPSA) is 65.5 Å². The number of amides is 1. The van der Waals surface area contributed by atoms with Gasteiger partial charge < -0.3 is 16.0 Å². The van der Waals surface area contributed by atoms with Crippen LogP contribution in [-0.4, -0.2) is 32.0 Å². The van der Waals surface area contributed by atoms with Gasteiger partial charge in [-0.1, -0.05) is 41.9 Å². The number of benzene rings is 2. The summed E-state index contributed by atoms with van der Waals surface area (Å²) in [6.07, 6.45) is 1.70. The van der Waals surface area contributed by atoms with Crippen LogP contribution < -0.4 is 16.0 Å². The minimum absolute atomic E-state index is 0.0638. The second kappa shape index (κ2) is 10.5. The van der Waals surface area contributed by atoms with Crippen LogP contribution in [0.5, 0.6) is 0 Å². The first-order valence-electron chi connectivity index (χ1n) is 8.63. The van der Waals surface area contributed by atoms with E-state index in [-0.39, 0.29) is 5.91 Å². The Labute approximate surface area is 159 Å². The Morgan fingerprint density at radius 2 is 1.65 bits per heavy atom. The predicted octanol–water partition coefficient (Wildman–Crippen LogP) is 3.25. The molecule has 0 aromatic heterocycles. The molecule has 0 aliphatic heterocycles. The summed E-state index contributed by atoms with van der Waals surface area (Å²) in [5.74, 6) is 0.706. The molecule has 0 saturated carbocycles. The number of halogens is 1. The molecule has 0 saturated heterocycles. The zero-order valence-electron chi connectivity index (χ0n) is 15.2. The molecule has 3 N–H and O–H groups in total. The zero-order chi connectivity index (χ0) is 18.8. The third-order valence-electron chi connectivity index (χ3n) is 3.85. The Hall–Kier alpha value is -2.53. The van der Waals surface area contributed by atoms with Crippen LogP contribution in [-0.2, 0) is 17.6 Å². The Morgan fingerprint density at radius 3 is 2.27 bits per heavy atom. The highest BCUT2D eigenvalue weighted by Crippen LogP contribution is 2.14. The van der Waals surface area contributed by atoms with Crippen LogP contribution in [0, 0.1) is 0 Å². The molecule has 2 aromatic rings. The smallest absolute Gasteiger partial charge is 0.221 e. The normalized spacial score (nSPS) is 11.1. The van der Waals surface area contributed by atoms with E-state index in [0.29, 0.717) is 0 Å². The molecular formula is C20H25ClN4O. The van der Waals surface area contributed by atoms with Crippen LogP contribution in [0.3, 0.4) is 0 Å². The molecule has 0 aliphatic carbocycles. The molecule has 2 aromatic carbocycles. The van der Waals surface area contributed by atoms with Crippen LogP contribution in [0.25, 0.3) is 0 Å². The number of aliphatic imine (C=N–C) groups is 1. The molecule has 138 valence electrons. The van der Waals surface area contributed by atoms with E-state index in [1.165, 1.54) is 12.5 Å². The van der Waals surface area contributed by atoms with Gasteiger partial charge in [0.15, 0.2) is 5.96 Å². The molecular weight excluding hydrogens is 348 g/mol. The van der Waals surface area contributed by atoms with Gasteiger partial charge in [0.1, 0.15) is 0 Å². The van der Waals surface area contributed by atoms with E-state index in [0.717, 1.165) is 48.2 Å². The van der Waals surface area contributed by atoms with Gasteiger partial charge in [-0.15, -0.1) is 0 Å². The van der Waals surface area contributed by atoms with Gasteiger partial charge >= 0.3 is 0 Å². The van der Waals surface area contributed by atoms with Crippen molar-refractivity contribution in [2.75, 3.05) is 25.5 Å². The fraction of sp³-hybridized carbons (Fsp3) is 0.300. The molecule has 26 heavy (non-hydrogen) atoms. The Morgan fingerprint density at radius 1 is 1.00 bits per heavy atom. The molecule has 0 heterocycles. The van der Waals surface area contributed by atoms with E-state index in [1.54, 1.807) is 7.05 Å². The largest absolute Gasteiger partial charge is 0.356 e. The van der Waals surface area contributed by atoms with Crippen LogP contribution in [0.15, 0.2) is 53.5 Å². The fourth-order valence-corrected chi connectivity index (χ4v) is 2.75. The predicted molar refractivity (Wildman–Crippen MR) is 109 cm³/mol. The summed E-state index contributed by atoms with van der Waals surface area (Å²) in [7, 11) is 1.76. The van der Waals surface area contributed by atoms with Crippen molar-refractivity contribution < 1.29 is 4.79 Å². The van der Waals surface area contributed by atoms with E-state index >= 15 is 0 Å². The van der Waals surface area contributed by atoms with Gasteiger partial charge in [-0.3, -0.25) is 9.79 Å². The van der Waals surface area contributed by atoms with Crippen LogP contribution in [0.1, 0.15) is 18.1 Å². The van der Waals surface area contributed by atoms with Crippen molar-refractivity contribution in [3.8, 4) is 0 Å². The monoisotopic (exact) mass is 372 g/mol. The summed E-state index contributed by atoms with van der Waals surface area (Å²) in [5, 5.41) is 10.2. The third kappa shape index (κ3) is 6.76. The van der Waals surface area contributed by atoms with E-state index in [4.69, 9.17) is 11.6 Å². The van der Waals surface area contributed by atoms with E-state index in [2.05, 4.69) is 20.9 Å². The summed E-state index contributed by atoms with van der Waals surface area (Å²) >= 11 is 6.17. The van der Waals surface area contributed by atoms with Crippen molar-refractivity contribution in [1.29, 1.82) is 0 Å². The zero-order valence-corrected chi connectivity index (χ0v) is 15.9. The molecule has 0 bridgehead atoms. The summed E-state index contributed by atoms with van der Waals surface area (Å²) in [6.45, 7) is 3.03. The number of carbonyl (C=O) groups excluding carboxylic acids is 1. The molecule has 6 heteroatoms. The van der Waals surface area contributed by atoms with Crippen molar-refractivity contribution >= 4 is 29.2 Å². The Bertz CT molecular complexity index is 744. The molecule has 0 spiro atoms. The lowest BCUT2D eigenvalue weighted by atomic mass is 10.1. The maximum atomic E-state index is 11.0. The average Bonchev–Trinajstić information content (AvgIpc) is 2.63. The van der Waals surface area contributed by atoms with Gasteiger partial charge in [0.05, 0.1) is 0 Å². The van der Waals surface area contributed by atoms with Gasteiger partial charge in [0.2, 0.25) is 5.91 Å². The van der Waals surface area contributed by atoms with Crippen molar-refractivity contribution in [3.05, 3.63) is 64.7 Å². The highest BCUT2D eigenvalue weighted by molar-refractivity contribution is 6.31. The molecule has 0 fully saturated rings. The SMILES string of the molecule is CN=C(NCCc1ccc(NC(C)=O)cc1)NCCc1ccccc1Cl. The number of anilines is 1. The minimum Gasteiger partial charge on any atom is -0.356 e. The number of nitrogens with zero attached hydrogens (tertiary/aromatic N) is 1. The molecule has 0 aliphatic rings. The van der Waals surface area contributed by atoms with Crippen LogP contribution in [0.4, 0.5) is 5.69 Å². The highest BCUT2D eigenvalue weighted by Gasteiger charge is 2.01. The molecule has 0 unspecified atom stereocenters. The van der Waals surface area contributed by atoms with Gasteiger partial charge in [0, 0.05) is 37.8 Å². The number of rotatable bonds is 7. The summed E-state index contributed by atoms with van der Waals surface area (Å²) in [6, 6.07) is 15.7. The lowest BCUT2D eigenvalue weighted by molar-refractivity contribution is -0.114. The quantitative estimate of drug-likeness (QED) is 0.516. The maximum absolute atomic E-state index is 11.0. The molecule has 0 atom stereocenters. The van der Waals surface area contributed by atoms with Gasteiger partial charge in [-0.2, -0.15) is 0 Å². The number of guanidine groups is 1. The maximum Gasteiger partial charge on any atom is 0.221 e. The summed E-state index contributed by atoms with van der Waals surface area (Å²) in [5.41, 5.74) is 3.13. The van der Waals surface area contributed by atoms with Crippen LogP contribution in [0.2, 0.25) is 5.02 Å². The molecule has 5 nitrogen and oxygen atoms in total. The fourth-order valence-electron chi connectivity index (χ4n) is 2.52. The third-order valence-corrected chi connectivity index (χ3v) is 4.22. The van der Waals surface area contributed by atoms with Crippen molar-refractivity contribution in [2.45, 2.75) is 19.8 Å². The summed E-state index contributed by atoms with van der Waals surface area (Å²) in [4.78, 5) is 15.3. The lowest BCUT2D eigenvalue weighted by Crippen LogP contribution is -2.39. The molecule has 0 radical (unpaired) electrons. The summed E-state index contributed by atoms with van der Waals surface area (Å²) < 4.78 is 0. The van der Waals surface area contributed by atoms with Crippen molar-refractivity contribution in [1.82, 2.24) is 10.6 Å². The lowest BCUT2D eigenvalue weighted by Gasteiger charge is -2.12.